The second kappa shape index (κ2) is 9.51. The molecule has 0 bridgehead atoms. The van der Waals surface area contributed by atoms with Crippen molar-refractivity contribution in [2.75, 3.05) is 39.5 Å². The highest BCUT2D eigenvalue weighted by atomic mass is 19.1. The molecule has 0 amide bonds. The molecule has 1 heterocycles. The van der Waals surface area contributed by atoms with Crippen LogP contribution in [0.1, 0.15) is 55.8 Å². The van der Waals surface area contributed by atoms with Crippen molar-refractivity contribution in [3.8, 4) is 5.75 Å². The first-order valence-corrected chi connectivity index (χ1v) is 10.1. The summed E-state index contributed by atoms with van der Waals surface area (Å²) < 4.78 is 31.1. The van der Waals surface area contributed by atoms with Crippen LogP contribution in [0.4, 0.5) is 4.39 Å². The van der Waals surface area contributed by atoms with E-state index in [-0.39, 0.29) is 11.4 Å². The molecule has 1 aromatic rings. The summed E-state index contributed by atoms with van der Waals surface area (Å²) in [6.45, 7) is 6.20. The predicted molar refractivity (Wildman–Crippen MR) is 101 cm³/mol. The van der Waals surface area contributed by atoms with Crippen molar-refractivity contribution < 1.29 is 23.4 Å². The molecule has 2 aliphatic rings. The van der Waals surface area contributed by atoms with Gasteiger partial charge in [0.15, 0.2) is 11.6 Å². The van der Waals surface area contributed by atoms with E-state index in [9.17, 15) is 9.18 Å². The first-order valence-electron chi connectivity index (χ1n) is 10.1. The zero-order valence-electron chi connectivity index (χ0n) is 16.2. The van der Waals surface area contributed by atoms with Gasteiger partial charge in [-0.25, -0.2) is 9.18 Å². The van der Waals surface area contributed by atoms with Gasteiger partial charge in [-0.3, -0.25) is 4.90 Å². The lowest BCUT2D eigenvalue weighted by molar-refractivity contribution is 0.0185. The predicted octanol–water partition coefficient (Wildman–Crippen LogP) is 3.81. The Bertz CT molecular complexity index is 625. The van der Waals surface area contributed by atoms with Gasteiger partial charge in [0, 0.05) is 19.6 Å². The van der Waals surface area contributed by atoms with Crippen LogP contribution < -0.4 is 4.74 Å². The molecule has 3 rings (SSSR count). The van der Waals surface area contributed by atoms with Gasteiger partial charge in [0.1, 0.15) is 12.2 Å². The molecule has 2 fully saturated rings. The molecule has 1 aromatic carbocycles. The first kappa shape index (κ1) is 20.1. The van der Waals surface area contributed by atoms with Gasteiger partial charge in [-0.2, -0.15) is 0 Å². The highest BCUT2D eigenvalue weighted by Gasteiger charge is 2.33. The van der Waals surface area contributed by atoms with E-state index in [0.29, 0.717) is 31.9 Å². The SMILES string of the molecule is CCC1(Oc2cc(C(=O)OCCN3CCOCC3)ccc2F)CCCCC1. The molecular formula is C21H30FNO4. The summed E-state index contributed by atoms with van der Waals surface area (Å²) in [5.74, 6) is -0.720. The van der Waals surface area contributed by atoms with Crippen LogP contribution in [-0.2, 0) is 9.47 Å². The van der Waals surface area contributed by atoms with Crippen molar-refractivity contribution in [3.05, 3.63) is 29.6 Å². The number of carbonyl (C=O) groups excluding carboxylic acids is 1. The minimum Gasteiger partial charge on any atom is -0.484 e. The van der Waals surface area contributed by atoms with Crippen LogP contribution in [0.2, 0.25) is 0 Å². The Morgan fingerprint density at radius 3 is 2.67 bits per heavy atom. The van der Waals surface area contributed by atoms with Crippen molar-refractivity contribution >= 4 is 5.97 Å². The molecule has 0 unspecified atom stereocenters. The molecule has 1 saturated carbocycles. The summed E-state index contributed by atoms with van der Waals surface area (Å²) in [5, 5.41) is 0. The third-order valence-corrected chi connectivity index (χ3v) is 5.65. The van der Waals surface area contributed by atoms with E-state index in [2.05, 4.69) is 11.8 Å². The zero-order chi connectivity index (χ0) is 19.1. The normalized spacial score (nSPS) is 20.2. The van der Waals surface area contributed by atoms with Crippen molar-refractivity contribution in [2.45, 2.75) is 51.0 Å². The Kier molecular flexibility index (Phi) is 7.07. The largest absolute Gasteiger partial charge is 0.484 e. The first-order chi connectivity index (χ1) is 13.1. The molecule has 0 radical (unpaired) electrons. The Hall–Kier alpha value is -1.66. The Labute approximate surface area is 160 Å². The van der Waals surface area contributed by atoms with Crippen molar-refractivity contribution in [2.24, 2.45) is 0 Å². The zero-order valence-corrected chi connectivity index (χ0v) is 16.2. The van der Waals surface area contributed by atoms with Gasteiger partial charge in [-0.1, -0.05) is 13.3 Å². The average Bonchev–Trinajstić information content (AvgIpc) is 2.71. The summed E-state index contributed by atoms with van der Waals surface area (Å²) in [5.41, 5.74) is 0.00763. The van der Waals surface area contributed by atoms with Gasteiger partial charge in [-0.05, 0) is 50.3 Å². The summed E-state index contributed by atoms with van der Waals surface area (Å²) in [6, 6.07) is 4.23. The molecule has 27 heavy (non-hydrogen) atoms. The second-order valence-electron chi connectivity index (χ2n) is 7.43. The summed E-state index contributed by atoms with van der Waals surface area (Å²) in [7, 11) is 0. The second-order valence-corrected chi connectivity index (χ2v) is 7.43. The monoisotopic (exact) mass is 379 g/mol. The van der Waals surface area contributed by atoms with Crippen LogP contribution in [0.25, 0.3) is 0 Å². The van der Waals surface area contributed by atoms with E-state index in [1.807, 2.05) is 0 Å². The van der Waals surface area contributed by atoms with Crippen LogP contribution in [0, 0.1) is 5.82 Å². The van der Waals surface area contributed by atoms with Gasteiger partial charge in [0.25, 0.3) is 0 Å². The van der Waals surface area contributed by atoms with E-state index in [4.69, 9.17) is 14.2 Å². The molecule has 1 aliphatic carbocycles. The average molecular weight is 379 g/mol. The van der Waals surface area contributed by atoms with Crippen LogP contribution in [0.15, 0.2) is 18.2 Å². The number of halogens is 1. The molecule has 1 saturated heterocycles. The van der Waals surface area contributed by atoms with Crippen LogP contribution in [0.5, 0.6) is 5.75 Å². The van der Waals surface area contributed by atoms with E-state index < -0.39 is 11.8 Å². The number of hydrogen-bond donors (Lipinski definition) is 0. The molecule has 150 valence electrons. The van der Waals surface area contributed by atoms with E-state index in [1.54, 1.807) is 0 Å². The fourth-order valence-electron chi connectivity index (χ4n) is 3.84. The lowest BCUT2D eigenvalue weighted by atomic mass is 9.82. The van der Waals surface area contributed by atoms with Crippen molar-refractivity contribution in [1.82, 2.24) is 4.90 Å². The van der Waals surface area contributed by atoms with E-state index in [1.165, 1.54) is 24.6 Å². The molecule has 0 aromatic heterocycles. The summed E-state index contributed by atoms with van der Waals surface area (Å²) in [4.78, 5) is 14.5. The van der Waals surface area contributed by atoms with E-state index in [0.717, 1.165) is 45.2 Å². The highest BCUT2D eigenvalue weighted by Crippen LogP contribution is 2.36. The lowest BCUT2D eigenvalue weighted by Gasteiger charge is -2.37. The quantitative estimate of drug-likeness (QED) is 0.675. The maximum Gasteiger partial charge on any atom is 0.338 e. The van der Waals surface area contributed by atoms with Crippen molar-refractivity contribution in [1.29, 1.82) is 0 Å². The molecule has 6 heteroatoms. The van der Waals surface area contributed by atoms with Gasteiger partial charge < -0.3 is 14.2 Å². The summed E-state index contributed by atoms with van der Waals surface area (Å²) >= 11 is 0. The summed E-state index contributed by atoms with van der Waals surface area (Å²) in [6.07, 6.45) is 6.08. The van der Waals surface area contributed by atoms with Crippen LogP contribution >= 0.6 is 0 Å². The number of nitrogens with zero attached hydrogens (tertiary/aromatic N) is 1. The molecule has 1 aliphatic heterocycles. The molecular weight excluding hydrogens is 349 g/mol. The van der Waals surface area contributed by atoms with Gasteiger partial charge >= 0.3 is 5.97 Å². The standard InChI is InChI=1S/C21H30FNO4/c1-2-21(8-4-3-5-9-21)27-19-16-17(6-7-18(19)22)20(24)26-15-12-23-10-13-25-14-11-23/h6-7,16H,2-5,8-15H2,1H3. The Morgan fingerprint density at radius 2 is 1.96 bits per heavy atom. The topological polar surface area (TPSA) is 48.0 Å². The molecule has 0 spiro atoms. The molecule has 0 N–H and O–H groups in total. The number of hydrogen-bond acceptors (Lipinski definition) is 5. The minimum atomic E-state index is -0.442. The maximum absolute atomic E-state index is 14.3. The lowest BCUT2D eigenvalue weighted by Crippen LogP contribution is -2.38. The van der Waals surface area contributed by atoms with Gasteiger partial charge in [0.05, 0.1) is 18.8 Å². The van der Waals surface area contributed by atoms with Crippen LogP contribution in [0.3, 0.4) is 0 Å². The number of rotatable bonds is 7. The minimum absolute atomic E-state index is 0.154. The van der Waals surface area contributed by atoms with Crippen molar-refractivity contribution in [3.63, 3.8) is 0 Å². The highest BCUT2D eigenvalue weighted by molar-refractivity contribution is 5.89. The maximum atomic E-state index is 14.3. The fourth-order valence-corrected chi connectivity index (χ4v) is 3.84. The van der Waals surface area contributed by atoms with Gasteiger partial charge in [-0.15, -0.1) is 0 Å². The third-order valence-electron chi connectivity index (χ3n) is 5.65. The number of morpholine rings is 1. The Morgan fingerprint density at radius 1 is 1.22 bits per heavy atom. The van der Waals surface area contributed by atoms with Crippen LogP contribution in [-0.4, -0.2) is 55.9 Å². The molecule has 0 atom stereocenters. The smallest absolute Gasteiger partial charge is 0.338 e. The Balaban J connectivity index is 1.59. The van der Waals surface area contributed by atoms with Gasteiger partial charge in [0.2, 0.25) is 0 Å². The number of carbonyl (C=O) groups is 1. The molecule has 5 nitrogen and oxygen atoms in total. The fraction of sp³-hybridized carbons (Fsp3) is 0.667. The van der Waals surface area contributed by atoms with E-state index >= 15 is 0 Å². The number of benzene rings is 1. The number of ether oxygens (including phenoxy) is 3. The third kappa shape index (κ3) is 5.42. The number of esters is 1.